The van der Waals surface area contributed by atoms with E-state index in [4.69, 9.17) is 9.47 Å². The Morgan fingerprint density at radius 1 is 0.852 bits per heavy atom. The minimum Gasteiger partial charge on any atom is -0.497 e. The molecule has 0 aliphatic carbocycles. The van der Waals surface area contributed by atoms with Gasteiger partial charge in [0.05, 0.1) is 25.6 Å². The third-order valence-electron chi connectivity index (χ3n) is 3.51. The molecule has 0 radical (unpaired) electrons. The topological polar surface area (TPSA) is 103 Å². The van der Waals surface area contributed by atoms with Crippen LogP contribution in [0.3, 0.4) is 0 Å². The molecule has 0 aliphatic heterocycles. The van der Waals surface area contributed by atoms with E-state index in [2.05, 4.69) is 15.4 Å². The number of ether oxygens (including phenoxy) is 3. The molecule has 142 valence electrons. The minimum atomic E-state index is -0.566. The highest BCUT2D eigenvalue weighted by Gasteiger charge is 2.13. The van der Waals surface area contributed by atoms with Crippen molar-refractivity contribution in [3.63, 3.8) is 0 Å². The normalized spacial score (nSPS) is 9.89. The molecule has 2 aromatic carbocycles. The summed E-state index contributed by atoms with van der Waals surface area (Å²) in [6.45, 7) is 0.776. The number of esters is 1. The summed E-state index contributed by atoms with van der Waals surface area (Å²) in [5.74, 6) is -0.352. The van der Waals surface area contributed by atoms with Crippen molar-refractivity contribution in [2.24, 2.45) is 0 Å². The molecule has 2 aromatic rings. The summed E-state index contributed by atoms with van der Waals surface area (Å²) in [5.41, 5.74) is 1.10. The number of benzene rings is 2. The van der Waals surface area contributed by atoms with Crippen LogP contribution in [-0.4, -0.2) is 38.6 Å². The van der Waals surface area contributed by atoms with Gasteiger partial charge in [-0.05, 0) is 36.4 Å². The molecule has 27 heavy (non-hydrogen) atoms. The third-order valence-corrected chi connectivity index (χ3v) is 3.51. The molecule has 0 fully saturated rings. The first-order chi connectivity index (χ1) is 12.9. The van der Waals surface area contributed by atoms with E-state index in [1.807, 2.05) is 0 Å². The van der Waals surface area contributed by atoms with Crippen molar-refractivity contribution in [2.75, 3.05) is 31.5 Å². The van der Waals surface area contributed by atoms with Gasteiger partial charge in [-0.25, -0.2) is 0 Å². The third kappa shape index (κ3) is 5.74. The Bertz CT molecular complexity index is 833. The van der Waals surface area contributed by atoms with Crippen molar-refractivity contribution in [3.8, 4) is 11.5 Å². The minimum absolute atomic E-state index is 0.313. The van der Waals surface area contributed by atoms with Gasteiger partial charge in [0.15, 0.2) is 6.61 Å². The van der Waals surface area contributed by atoms with Crippen molar-refractivity contribution in [2.45, 2.75) is 6.92 Å². The van der Waals surface area contributed by atoms with Crippen LogP contribution in [-0.2, 0) is 14.3 Å². The average Bonchev–Trinajstić information content (AvgIpc) is 2.67. The molecule has 2 rings (SSSR count). The Balaban J connectivity index is 2.17. The number of amides is 2. The van der Waals surface area contributed by atoms with Gasteiger partial charge in [0, 0.05) is 18.6 Å². The fourth-order valence-corrected chi connectivity index (χ4v) is 2.15. The van der Waals surface area contributed by atoms with Crippen molar-refractivity contribution >= 4 is 29.2 Å². The lowest BCUT2D eigenvalue weighted by Gasteiger charge is -2.14. The van der Waals surface area contributed by atoms with Crippen LogP contribution in [0.25, 0.3) is 0 Å². The summed E-state index contributed by atoms with van der Waals surface area (Å²) < 4.78 is 14.9. The Morgan fingerprint density at radius 3 is 2.07 bits per heavy atom. The quantitative estimate of drug-likeness (QED) is 0.724. The highest BCUT2D eigenvalue weighted by molar-refractivity contribution is 6.07. The molecule has 2 amide bonds. The summed E-state index contributed by atoms with van der Waals surface area (Å²) in [6, 6.07) is 11.4. The van der Waals surface area contributed by atoms with Gasteiger partial charge in [-0.15, -0.1) is 0 Å². The van der Waals surface area contributed by atoms with E-state index in [1.54, 1.807) is 42.5 Å². The van der Waals surface area contributed by atoms with Gasteiger partial charge in [0.2, 0.25) is 0 Å². The Morgan fingerprint density at radius 2 is 1.48 bits per heavy atom. The van der Waals surface area contributed by atoms with Gasteiger partial charge < -0.3 is 24.8 Å². The van der Waals surface area contributed by atoms with Gasteiger partial charge in [-0.2, -0.15) is 0 Å². The van der Waals surface area contributed by atoms with E-state index in [9.17, 15) is 14.4 Å². The molecule has 8 heteroatoms. The second-order valence-electron chi connectivity index (χ2n) is 5.42. The molecule has 0 aromatic heterocycles. The number of methoxy groups -OCH3 is 2. The molecule has 0 saturated carbocycles. The Labute approximate surface area is 156 Å². The summed E-state index contributed by atoms with van der Waals surface area (Å²) in [5, 5.41) is 5.31. The summed E-state index contributed by atoms with van der Waals surface area (Å²) in [4.78, 5) is 35.2. The zero-order valence-corrected chi connectivity index (χ0v) is 15.2. The van der Waals surface area contributed by atoms with E-state index in [-0.39, 0.29) is 5.91 Å². The lowest BCUT2D eigenvalue weighted by molar-refractivity contribution is -0.144. The highest BCUT2D eigenvalue weighted by Crippen LogP contribution is 2.27. The molecule has 8 nitrogen and oxygen atoms in total. The molecule has 0 unspecified atom stereocenters. The zero-order valence-electron chi connectivity index (χ0n) is 15.2. The molecule has 0 bridgehead atoms. The van der Waals surface area contributed by atoms with Crippen molar-refractivity contribution < 1.29 is 28.6 Å². The van der Waals surface area contributed by atoms with E-state index in [1.165, 1.54) is 21.1 Å². The van der Waals surface area contributed by atoms with Gasteiger partial charge >= 0.3 is 5.97 Å². The molecule has 0 heterocycles. The average molecular weight is 372 g/mol. The lowest BCUT2D eigenvalue weighted by atomic mass is 10.2. The van der Waals surface area contributed by atoms with Crippen molar-refractivity contribution in [1.29, 1.82) is 0 Å². The number of carbonyl (C=O) groups excluding carboxylic acids is 3. The van der Waals surface area contributed by atoms with Crippen molar-refractivity contribution in [3.05, 3.63) is 48.0 Å². The van der Waals surface area contributed by atoms with E-state index in [0.29, 0.717) is 28.4 Å². The van der Waals surface area contributed by atoms with Crippen LogP contribution in [0.2, 0.25) is 0 Å². The predicted octanol–water partition coefficient (Wildman–Crippen LogP) is 2.46. The van der Waals surface area contributed by atoms with E-state index in [0.717, 1.165) is 0 Å². The monoisotopic (exact) mass is 372 g/mol. The fraction of sp³-hybridized carbons (Fsp3) is 0.211. The summed E-state index contributed by atoms with van der Waals surface area (Å²) in [7, 11) is 3.02. The van der Waals surface area contributed by atoms with Gasteiger partial charge in [-0.1, -0.05) is 0 Å². The number of hydrogen-bond donors (Lipinski definition) is 2. The largest absolute Gasteiger partial charge is 0.497 e. The summed E-state index contributed by atoms with van der Waals surface area (Å²) in [6.07, 6.45) is 0. The van der Waals surface area contributed by atoms with Gasteiger partial charge in [-0.3, -0.25) is 14.4 Å². The SMILES string of the molecule is COc1ccc(C(=O)Nc2ccc(OC)cc2NC(=O)COC(C)=O)cc1. The molecule has 0 aliphatic rings. The molecule has 0 atom stereocenters. The second kappa shape index (κ2) is 9.23. The molecule has 0 saturated heterocycles. The maximum Gasteiger partial charge on any atom is 0.303 e. The number of hydrogen-bond acceptors (Lipinski definition) is 6. The van der Waals surface area contributed by atoms with Crippen LogP contribution in [0.15, 0.2) is 42.5 Å². The first-order valence-electron chi connectivity index (χ1n) is 7.99. The number of nitrogens with one attached hydrogen (secondary N) is 2. The van der Waals surface area contributed by atoms with Crippen LogP contribution in [0.1, 0.15) is 17.3 Å². The van der Waals surface area contributed by atoms with Gasteiger partial charge in [0.1, 0.15) is 11.5 Å². The predicted molar refractivity (Wildman–Crippen MR) is 99.2 cm³/mol. The van der Waals surface area contributed by atoms with Crippen molar-refractivity contribution in [1.82, 2.24) is 0 Å². The van der Waals surface area contributed by atoms with Gasteiger partial charge in [0.25, 0.3) is 11.8 Å². The number of anilines is 2. The number of carbonyl (C=O) groups is 3. The molecule has 2 N–H and O–H groups in total. The fourth-order valence-electron chi connectivity index (χ4n) is 2.15. The second-order valence-corrected chi connectivity index (χ2v) is 5.42. The molecular weight excluding hydrogens is 352 g/mol. The molecule has 0 spiro atoms. The standard InChI is InChI=1S/C19H20N2O6/c1-12(22)27-11-18(23)20-17-10-15(26-3)8-9-16(17)21-19(24)13-4-6-14(25-2)7-5-13/h4-10H,11H2,1-3H3,(H,20,23)(H,21,24). The Kier molecular flexibility index (Phi) is 6.76. The van der Waals surface area contributed by atoms with E-state index >= 15 is 0 Å². The maximum absolute atomic E-state index is 12.5. The van der Waals surface area contributed by atoms with E-state index < -0.39 is 18.5 Å². The van der Waals surface area contributed by atoms with Crippen LogP contribution >= 0.6 is 0 Å². The lowest BCUT2D eigenvalue weighted by Crippen LogP contribution is -2.21. The van der Waals surface area contributed by atoms with Crippen LogP contribution in [0, 0.1) is 0 Å². The molecular formula is C19H20N2O6. The summed E-state index contributed by atoms with van der Waals surface area (Å²) >= 11 is 0. The number of rotatable bonds is 7. The maximum atomic E-state index is 12.5. The highest BCUT2D eigenvalue weighted by atomic mass is 16.5. The zero-order chi connectivity index (χ0) is 19.8. The first kappa shape index (κ1) is 19.8. The van der Waals surface area contributed by atoms with Crippen LogP contribution in [0.5, 0.6) is 11.5 Å². The smallest absolute Gasteiger partial charge is 0.303 e. The van der Waals surface area contributed by atoms with Crippen LogP contribution < -0.4 is 20.1 Å². The first-order valence-corrected chi connectivity index (χ1v) is 7.99. The Hall–Kier alpha value is -3.55. The van der Waals surface area contributed by atoms with Crippen LogP contribution in [0.4, 0.5) is 11.4 Å².